The third-order valence-electron chi connectivity index (χ3n) is 5.24. The van der Waals surface area contributed by atoms with Crippen LogP contribution in [0.2, 0.25) is 0 Å². The highest BCUT2D eigenvalue weighted by Gasteiger charge is 2.26. The molecule has 1 amide bonds. The topological polar surface area (TPSA) is 63.9 Å². The maximum Gasteiger partial charge on any atom is 0.253 e. The standard InChI is InChI=1S/C22H25N5O/c1-16(2)21-24-12-14-27(21)20-7-3-6-19(25-20)18-5-4-13-26(15-18)22(28)17-8-10-23-11-9-17/h3,6-12,14,16,18H,4-5,13,15H2,1-2H3. The zero-order valence-corrected chi connectivity index (χ0v) is 16.3. The lowest BCUT2D eigenvalue weighted by Crippen LogP contribution is -2.39. The molecular formula is C22H25N5O. The van der Waals surface area contributed by atoms with Gasteiger partial charge < -0.3 is 4.90 Å². The van der Waals surface area contributed by atoms with Crippen LogP contribution in [0.15, 0.2) is 55.1 Å². The first-order valence-corrected chi connectivity index (χ1v) is 9.83. The van der Waals surface area contributed by atoms with Gasteiger partial charge in [-0.3, -0.25) is 14.3 Å². The molecule has 0 spiro atoms. The van der Waals surface area contributed by atoms with Gasteiger partial charge in [0.15, 0.2) is 0 Å². The van der Waals surface area contributed by atoms with Crippen LogP contribution in [0.25, 0.3) is 5.82 Å². The van der Waals surface area contributed by atoms with Crippen molar-refractivity contribution in [2.45, 2.75) is 38.5 Å². The minimum Gasteiger partial charge on any atom is -0.338 e. The van der Waals surface area contributed by atoms with Gasteiger partial charge in [-0.05, 0) is 37.1 Å². The lowest BCUT2D eigenvalue weighted by atomic mass is 9.94. The van der Waals surface area contributed by atoms with E-state index in [4.69, 9.17) is 4.98 Å². The SMILES string of the molecule is CC(C)c1nccn1-c1cccc(C2CCCN(C(=O)c3ccncc3)C2)n1. The van der Waals surface area contributed by atoms with Crippen molar-refractivity contribution in [3.63, 3.8) is 0 Å². The summed E-state index contributed by atoms with van der Waals surface area (Å²) in [6.07, 6.45) is 9.13. The number of imidazole rings is 1. The Hall–Kier alpha value is -3.02. The van der Waals surface area contributed by atoms with Gasteiger partial charge in [0.25, 0.3) is 5.91 Å². The van der Waals surface area contributed by atoms with Crippen LogP contribution in [0.3, 0.4) is 0 Å². The first-order valence-electron chi connectivity index (χ1n) is 9.83. The Bertz CT molecular complexity index is 950. The second kappa shape index (κ2) is 7.92. The summed E-state index contributed by atoms with van der Waals surface area (Å²) < 4.78 is 2.05. The summed E-state index contributed by atoms with van der Waals surface area (Å²) in [5, 5.41) is 0. The largest absolute Gasteiger partial charge is 0.338 e. The molecule has 144 valence electrons. The van der Waals surface area contributed by atoms with Gasteiger partial charge in [-0.15, -0.1) is 0 Å². The average molecular weight is 375 g/mol. The highest BCUT2D eigenvalue weighted by Crippen LogP contribution is 2.27. The number of hydrogen-bond acceptors (Lipinski definition) is 4. The molecule has 28 heavy (non-hydrogen) atoms. The average Bonchev–Trinajstić information content (AvgIpc) is 3.24. The third-order valence-corrected chi connectivity index (χ3v) is 5.24. The van der Waals surface area contributed by atoms with E-state index in [1.54, 1.807) is 24.5 Å². The van der Waals surface area contributed by atoms with E-state index in [1.807, 2.05) is 29.4 Å². The van der Waals surface area contributed by atoms with Gasteiger partial charge in [-0.2, -0.15) is 0 Å². The predicted octanol–water partition coefficient (Wildman–Crippen LogP) is 3.81. The Balaban J connectivity index is 1.56. The van der Waals surface area contributed by atoms with E-state index in [-0.39, 0.29) is 11.8 Å². The van der Waals surface area contributed by atoms with E-state index in [0.29, 0.717) is 18.0 Å². The summed E-state index contributed by atoms with van der Waals surface area (Å²) in [4.78, 5) is 28.1. The van der Waals surface area contributed by atoms with E-state index in [9.17, 15) is 4.79 Å². The van der Waals surface area contributed by atoms with Crippen LogP contribution in [0, 0.1) is 0 Å². The van der Waals surface area contributed by atoms with Gasteiger partial charge >= 0.3 is 0 Å². The van der Waals surface area contributed by atoms with E-state index < -0.39 is 0 Å². The molecule has 3 aromatic rings. The predicted molar refractivity (Wildman–Crippen MR) is 108 cm³/mol. The van der Waals surface area contributed by atoms with Crippen molar-refractivity contribution in [2.75, 3.05) is 13.1 Å². The molecule has 0 N–H and O–H groups in total. The van der Waals surface area contributed by atoms with Gasteiger partial charge in [0.05, 0.1) is 0 Å². The van der Waals surface area contributed by atoms with Gasteiger partial charge in [0.1, 0.15) is 11.6 Å². The Labute approximate surface area is 165 Å². The zero-order chi connectivity index (χ0) is 19.5. The van der Waals surface area contributed by atoms with Crippen molar-refractivity contribution in [1.82, 2.24) is 24.4 Å². The molecule has 4 rings (SSSR count). The molecule has 4 heterocycles. The summed E-state index contributed by atoms with van der Waals surface area (Å²) in [5.74, 6) is 2.52. The number of carbonyl (C=O) groups excluding carboxylic acids is 1. The first kappa shape index (κ1) is 18.3. The smallest absolute Gasteiger partial charge is 0.253 e. The first-order chi connectivity index (χ1) is 13.6. The summed E-state index contributed by atoms with van der Waals surface area (Å²) in [7, 11) is 0. The van der Waals surface area contributed by atoms with Crippen LogP contribution in [0.1, 0.15) is 60.4 Å². The fourth-order valence-corrected chi connectivity index (χ4v) is 3.82. The van der Waals surface area contributed by atoms with Gasteiger partial charge in [-0.1, -0.05) is 19.9 Å². The van der Waals surface area contributed by atoms with Crippen molar-refractivity contribution in [3.8, 4) is 5.82 Å². The number of nitrogens with zero attached hydrogens (tertiary/aromatic N) is 5. The summed E-state index contributed by atoms with van der Waals surface area (Å²) >= 11 is 0. The second-order valence-corrected chi connectivity index (χ2v) is 7.56. The van der Waals surface area contributed by atoms with Crippen LogP contribution in [0.5, 0.6) is 0 Å². The molecular weight excluding hydrogens is 350 g/mol. The van der Waals surface area contributed by atoms with Crippen molar-refractivity contribution in [2.24, 2.45) is 0 Å². The van der Waals surface area contributed by atoms with Crippen molar-refractivity contribution >= 4 is 5.91 Å². The minimum atomic E-state index is 0.0694. The van der Waals surface area contributed by atoms with Crippen molar-refractivity contribution in [1.29, 1.82) is 0 Å². The molecule has 1 atom stereocenters. The van der Waals surface area contributed by atoms with E-state index >= 15 is 0 Å². The Morgan fingerprint density at radius 1 is 1.14 bits per heavy atom. The molecule has 6 nitrogen and oxygen atoms in total. The van der Waals surface area contributed by atoms with Gasteiger partial charge in [0.2, 0.25) is 0 Å². The molecule has 1 fully saturated rings. The lowest BCUT2D eigenvalue weighted by molar-refractivity contribution is 0.0706. The zero-order valence-electron chi connectivity index (χ0n) is 16.3. The highest BCUT2D eigenvalue weighted by atomic mass is 16.2. The number of likely N-dealkylation sites (tertiary alicyclic amines) is 1. The van der Waals surface area contributed by atoms with Gasteiger partial charge in [-0.25, -0.2) is 9.97 Å². The number of rotatable bonds is 4. The van der Waals surface area contributed by atoms with Crippen LogP contribution in [-0.2, 0) is 0 Å². The third kappa shape index (κ3) is 3.67. The van der Waals surface area contributed by atoms with E-state index in [0.717, 1.165) is 36.7 Å². The second-order valence-electron chi connectivity index (χ2n) is 7.56. The number of hydrogen-bond donors (Lipinski definition) is 0. The molecule has 0 radical (unpaired) electrons. The van der Waals surface area contributed by atoms with Crippen molar-refractivity contribution < 1.29 is 4.79 Å². The summed E-state index contributed by atoms with van der Waals surface area (Å²) in [6, 6.07) is 9.68. The molecule has 0 saturated carbocycles. The Morgan fingerprint density at radius 3 is 2.75 bits per heavy atom. The molecule has 6 heteroatoms. The van der Waals surface area contributed by atoms with Crippen molar-refractivity contribution in [3.05, 3.63) is 72.2 Å². The molecule has 0 aromatic carbocycles. The maximum absolute atomic E-state index is 12.8. The molecule has 0 aliphatic carbocycles. The number of carbonyl (C=O) groups is 1. The number of piperidine rings is 1. The maximum atomic E-state index is 12.8. The Kier molecular flexibility index (Phi) is 5.19. The molecule has 1 saturated heterocycles. The molecule has 1 aliphatic rings. The normalized spacial score (nSPS) is 17.1. The molecule has 3 aromatic heterocycles. The molecule has 1 unspecified atom stereocenters. The van der Waals surface area contributed by atoms with Crippen LogP contribution >= 0.6 is 0 Å². The fraction of sp³-hybridized carbons (Fsp3) is 0.364. The summed E-state index contributed by atoms with van der Waals surface area (Å²) in [6.45, 7) is 5.74. The molecule has 0 bridgehead atoms. The van der Waals surface area contributed by atoms with E-state index in [1.165, 1.54) is 0 Å². The number of aromatic nitrogens is 4. The fourth-order valence-electron chi connectivity index (χ4n) is 3.82. The van der Waals surface area contributed by atoms with E-state index in [2.05, 4.69) is 34.4 Å². The van der Waals surface area contributed by atoms with Gasteiger partial charge in [0, 0.05) is 61.0 Å². The Morgan fingerprint density at radius 2 is 1.96 bits per heavy atom. The van der Waals surface area contributed by atoms with Crippen LogP contribution in [-0.4, -0.2) is 43.4 Å². The monoisotopic (exact) mass is 375 g/mol. The summed E-state index contributed by atoms with van der Waals surface area (Å²) in [5.41, 5.74) is 1.73. The highest BCUT2D eigenvalue weighted by molar-refractivity contribution is 5.94. The number of amides is 1. The number of pyridine rings is 2. The van der Waals surface area contributed by atoms with Crippen LogP contribution < -0.4 is 0 Å². The lowest BCUT2D eigenvalue weighted by Gasteiger charge is -2.32. The minimum absolute atomic E-state index is 0.0694. The van der Waals surface area contributed by atoms with Crippen LogP contribution in [0.4, 0.5) is 0 Å². The quantitative estimate of drug-likeness (QED) is 0.696. The molecule has 1 aliphatic heterocycles.